The number of fused-ring (bicyclic) bond motifs is 3. The minimum atomic E-state index is -0.981. The maximum absolute atomic E-state index is 13.7. The third-order valence-electron chi connectivity index (χ3n) is 6.56. The number of aryl methyl sites for hydroxylation is 2. The van der Waals surface area contributed by atoms with Crippen LogP contribution in [0.4, 0.5) is 19.0 Å². The molecular weight excluding hydrogens is 427 g/mol. The van der Waals surface area contributed by atoms with Gasteiger partial charge in [-0.25, -0.2) is 23.1 Å². The predicted octanol–water partition coefficient (Wildman–Crippen LogP) is 5.57. The Labute approximate surface area is 190 Å². The van der Waals surface area contributed by atoms with Crippen LogP contribution in [0, 0.1) is 23.4 Å². The van der Waals surface area contributed by atoms with Gasteiger partial charge in [0, 0.05) is 5.56 Å². The molecule has 170 valence electrons. The summed E-state index contributed by atoms with van der Waals surface area (Å²) in [5.41, 5.74) is 4.42. The summed E-state index contributed by atoms with van der Waals surface area (Å²) in [6.45, 7) is 0. The average Bonchev–Trinajstić information content (AvgIpc) is 3.29. The number of anilines is 1. The van der Waals surface area contributed by atoms with Crippen LogP contribution in [0.3, 0.4) is 0 Å². The molecule has 0 saturated heterocycles. The molecule has 5 rings (SSSR count). The van der Waals surface area contributed by atoms with Crippen LogP contribution in [-0.4, -0.2) is 15.9 Å². The molecule has 2 aliphatic rings. The predicted molar refractivity (Wildman–Crippen MR) is 119 cm³/mol. The summed E-state index contributed by atoms with van der Waals surface area (Å²) in [6, 6.07) is 8.17. The summed E-state index contributed by atoms with van der Waals surface area (Å²) in [5.74, 6) is -1.64. The maximum atomic E-state index is 13.7. The standard InChI is InChI=1S/C26H24F3N3O/c27-18-7-8-19-17(14-18)6-10-22-25(19)30-23(12-15-3-1-2-4-15)26(31-22)32-24(33)13-16-5-9-20(28)21(29)11-16/h5,7-9,11,14-15H,1-4,6,10,12-13H2,(H,31,32,33). The summed E-state index contributed by atoms with van der Waals surface area (Å²) in [5, 5.41) is 2.86. The van der Waals surface area contributed by atoms with E-state index in [1.807, 2.05) is 0 Å². The summed E-state index contributed by atoms with van der Waals surface area (Å²) >= 11 is 0. The minimum absolute atomic E-state index is 0.0963. The Morgan fingerprint density at radius 2 is 1.79 bits per heavy atom. The van der Waals surface area contributed by atoms with Crippen molar-refractivity contribution in [2.45, 2.75) is 51.4 Å². The summed E-state index contributed by atoms with van der Waals surface area (Å²) in [4.78, 5) is 22.4. The first-order valence-corrected chi connectivity index (χ1v) is 11.4. The highest BCUT2D eigenvalue weighted by molar-refractivity contribution is 5.92. The molecule has 2 aromatic carbocycles. The number of halogens is 3. The van der Waals surface area contributed by atoms with Gasteiger partial charge in [0.1, 0.15) is 5.82 Å². The van der Waals surface area contributed by atoms with Crippen molar-refractivity contribution in [3.05, 3.63) is 76.4 Å². The molecule has 0 bridgehead atoms. The van der Waals surface area contributed by atoms with Crippen molar-refractivity contribution >= 4 is 11.7 Å². The highest BCUT2D eigenvalue weighted by atomic mass is 19.2. The fourth-order valence-corrected chi connectivity index (χ4v) is 4.89. The molecule has 1 N–H and O–H groups in total. The summed E-state index contributed by atoms with van der Waals surface area (Å²) in [7, 11) is 0. The number of aromatic nitrogens is 2. The lowest BCUT2D eigenvalue weighted by Gasteiger charge is -2.22. The van der Waals surface area contributed by atoms with E-state index in [0.717, 1.165) is 53.2 Å². The van der Waals surface area contributed by atoms with Crippen LogP contribution < -0.4 is 5.32 Å². The smallest absolute Gasteiger partial charge is 0.229 e. The van der Waals surface area contributed by atoms with Crippen molar-refractivity contribution in [2.24, 2.45) is 5.92 Å². The molecule has 1 saturated carbocycles. The van der Waals surface area contributed by atoms with Crippen LogP contribution in [0.1, 0.15) is 48.2 Å². The first kappa shape index (κ1) is 21.6. The fraction of sp³-hybridized carbons (Fsp3) is 0.346. The van der Waals surface area contributed by atoms with Gasteiger partial charge in [0.2, 0.25) is 5.91 Å². The zero-order valence-electron chi connectivity index (χ0n) is 18.1. The first-order valence-electron chi connectivity index (χ1n) is 11.4. The average molecular weight is 451 g/mol. The third-order valence-corrected chi connectivity index (χ3v) is 6.56. The quantitative estimate of drug-likeness (QED) is 0.552. The second-order valence-corrected chi connectivity index (χ2v) is 8.94. The number of benzene rings is 2. The van der Waals surface area contributed by atoms with Crippen LogP contribution in [0.15, 0.2) is 36.4 Å². The van der Waals surface area contributed by atoms with Gasteiger partial charge in [0.15, 0.2) is 17.5 Å². The van der Waals surface area contributed by atoms with Crippen molar-refractivity contribution in [2.75, 3.05) is 5.32 Å². The highest BCUT2D eigenvalue weighted by Gasteiger charge is 2.25. The largest absolute Gasteiger partial charge is 0.309 e. The van der Waals surface area contributed by atoms with E-state index in [0.29, 0.717) is 36.6 Å². The number of hydrogen-bond acceptors (Lipinski definition) is 3. The second-order valence-electron chi connectivity index (χ2n) is 8.94. The van der Waals surface area contributed by atoms with E-state index in [-0.39, 0.29) is 18.1 Å². The number of amides is 1. The molecule has 2 aliphatic carbocycles. The van der Waals surface area contributed by atoms with Crippen molar-refractivity contribution in [1.82, 2.24) is 9.97 Å². The van der Waals surface area contributed by atoms with Gasteiger partial charge in [-0.3, -0.25) is 4.79 Å². The van der Waals surface area contributed by atoms with Crippen molar-refractivity contribution in [3.8, 4) is 11.3 Å². The van der Waals surface area contributed by atoms with Gasteiger partial charge in [0.05, 0.1) is 23.5 Å². The maximum Gasteiger partial charge on any atom is 0.229 e. The van der Waals surface area contributed by atoms with Crippen LogP contribution >= 0.6 is 0 Å². The molecule has 0 radical (unpaired) electrons. The van der Waals surface area contributed by atoms with Crippen molar-refractivity contribution < 1.29 is 18.0 Å². The lowest BCUT2D eigenvalue weighted by molar-refractivity contribution is -0.115. The number of carbonyl (C=O) groups excluding carboxylic acids is 1. The van der Waals surface area contributed by atoms with Crippen LogP contribution in [0.2, 0.25) is 0 Å². The number of hydrogen-bond donors (Lipinski definition) is 1. The van der Waals surface area contributed by atoms with Crippen molar-refractivity contribution in [1.29, 1.82) is 0 Å². The number of rotatable bonds is 5. The molecule has 7 heteroatoms. The molecule has 1 fully saturated rings. The molecule has 3 aromatic rings. The van der Waals surface area contributed by atoms with E-state index < -0.39 is 11.6 Å². The molecule has 0 unspecified atom stereocenters. The van der Waals surface area contributed by atoms with E-state index in [9.17, 15) is 18.0 Å². The monoisotopic (exact) mass is 451 g/mol. The van der Waals surface area contributed by atoms with E-state index in [2.05, 4.69) is 5.32 Å². The number of nitrogens with zero attached hydrogens (tertiary/aromatic N) is 2. The van der Waals surface area contributed by atoms with Crippen molar-refractivity contribution in [3.63, 3.8) is 0 Å². The van der Waals surface area contributed by atoms with Gasteiger partial charge in [-0.1, -0.05) is 31.7 Å². The Kier molecular flexibility index (Phi) is 5.87. The van der Waals surface area contributed by atoms with Crippen LogP contribution in [-0.2, 0) is 30.5 Å². The van der Waals surface area contributed by atoms with Crippen LogP contribution in [0.25, 0.3) is 11.3 Å². The van der Waals surface area contributed by atoms with Gasteiger partial charge in [0.25, 0.3) is 0 Å². The normalized spacial score (nSPS) is 15.2. The molecule has 0 spiro atoms. The van der Waals surface area contributed by atoms with E-state index >= 15 is 0 Å². The molecule has 1 amide bonds. The van der Waals surface area contributed by atoms with Crippen LogP contribution in [0.5, 0.6) is 0 Å². The summed E-state index contributed by atoms with van der Waals surface area (Å²) in [6.07, 6.45) is 6.46. The van der Waals surface area contributed by atoms with E-state index in [1.165, 1.54) is 25.0 Å². The molecule has 4 nitrogen and oxygen atoms in total. The first-order chi connectivity index (χ1) is 16.0. The lowest BCUT2D eigenvalue weighted by Crippen LogP contribution is -2.20. The molecule has 0 aliphatic heterocycles. The third kappa shape index (κ3) is 4.63. The number of carbonyl (C=O) groups is 1. The van der Waals surface area contributed by atoms with E-state index in [4.69, 9.17) is 9.97 Å². The van der Waals surface area contributed by atoms with Gasteiger partial charge < -0.3 is 5.32 Å². The molecule has 1 aromatic heterocycles. The zero-order chi connectivity index (χ0) is 22.9. The second kappa shape index (κ2) is 8.96. The summed E-state index contributed by atoms with van der Waals surface area (Å²) < 4.78 is 40.5. The molecule has 33 heavy (non-hydrogen) atoms. The lowest BCUT2D eigenvalue weighted by atomic mass is 9.91. The Morgan fingerprint density at radius 3 is 2.58 bits per heavy atom. The Bertz CT molecular complexity index is 1220. The SMILES string of the molecule is O=C(Cc1ccc(F)c(F)c1)Nc1nc2c(nc1CC1CCCC1)-c1ccc(F)cc1CC2. The Balaban J connectivity index is 1.46. The highest BCUT2D eigenvalue weighted by Crippen LogP contribution is 2.35. The minimum Gasteiger partial charge on any atom is -0.309 e. The molecule has 0 atom stereocenters. The zero-order valence-corrected chi connectivity index (χ0v) is 18.1. The topological polar surface area (TPSA) is 54.9 Å². The fourth-order valence-electron chi connectivity index (χ4n) is 4.89. The number of nitrogens with one attached hydrogen (secondary N) is 1. The van der Waals surface area contributed by atoms with Gasteiger partial charge in [-0.15, -0.1) is 0 Å². The molecular formula is C26H24F3N3O. The Hall–Kier alpha value is -3.22. The van der Waals surface area contributed by atoms with E-state index in [1.54, 1.807) is 12.1 Å². The Morgan fingerprint density at radius 1 is 0.970 bits per heavy atom. The van der Waals surface area contributed by atoms with Gasteiger partial charge in [-0.05, 0) is 66.6 Å². The molecule has 1 heterocycles. The van der Waals surface area contributed by atoms with Gasteiger partial charge >= 0.3 is 0 Å². The van der Waals surface area contributed by atoms with Gasteiger partial charge in [-0.2, -0.15) is 0 Å².